The standard InChI is InChI=1S/C40H40N8O8S3/c1-47(2)26-13-11-25(12-14-26)46-45-24-9-7-22(8-10-24)34(50)41-17-5-3-4-6-31(49)44-32-37(51)48-33(40(54)55)23(20-58-38(32)48)19-56-27-15-16-28-30(18-27)59-36(42-28)35-43-29(21-57-35)39(52)53/h7-16,18,29,32,38H,3-6,17,19-21H2,1-2H3,(H,41,50)(H,44,49)(H,52,53)(H,54,55)/b46-45+. The topological polar surface area (TPSA) is 216 Å². The molecule has 7 rings (SSSR count). The van der Waals surface area contributed by atoms with Crippen LogP contribution in [0.4, 0.5) is 17.1 Å². The third-order valence-corrected chi connectivity index (χ3v) is 13.1. The SMILES string of the molecule is CN(C)c1ccc(/N=N/c2ccc(C(=O)NCCCCCC(=O)NC3C(=O)N4C(C(=O)O)=C(COc5ccc6nc(C7=NC(C(=O)O)CS7)sc6c5)CSC34)cc2)cc1. The second-order valence-electron chi connectivity index (χ2n) is 14.0. The summed E-state index contributed by atoms with van der Waals surface area (Å²) in [6.45, 7) is 0.373. The summed E-state index contributed by atoms with van der Waals surface area (Å²) in [5, 5.41) is 34.2. The van der Waals surface area contributed by atoms with Crippen LogP contribution in [-0.2, 0) is 19.2 Å². The minimum absolute atomic E-state index is 0.0602. The Morgan fingerprint density at radius 3 is 2.37 bits per heavy atom. The number of rotatable bonds is 17. The summed E-state index contributed by atoms with van der Waals surface area (Å²) in [5.41, 5.74) is 3.91. The molecule has 0 radical (unpaired) electrons. The second-order valence-corrected chi connectivity index (χ2v) is 17.1. The van der Waals surface area contributed by atoms with Crippen molar-refractivity contribution in [2.45, 2.75) is 43.1 Å². The zero-order valence-corrected chi connectivity index (χ0v) is 34.4. The van der Waals surface area contributed by atoms with Gasteiger partial charge in [-0.3, -0.25) is 24.3 Å². The summed E-state index contributed by atoms with van der Waals surface area (Å²) in [6, 6.07) is 18.2. The van der Waals surface area contributed by atoms with Crippen molar-refractivity contribution >= 4 is 96.8 Å². The van der Waals surface area contributed by atoms with Gasteiger partial charge in [-0.05, 0) is 79.6 Å². The van der Waals surface area contributed by atoms with Crippen LogP contribution >= 0.6 is 34.9 Å². The molecule has 0 saturated carbocycles. The van der Waals surface area contributed by atoms with Crippen molar-refractivity contribution in [3.8, 4) is 5.75 Å². The highest BCUT2D eigenvalue weighted by atomic mass is 32.2. The third-order valence-electron chi connectivity index (χ3n) is 9.60. The first-order valence-electron chi connectivity index (χ1n) is 18.7. The number of thiazole rings is 1. The van der Waals surface area contributed by atoms with Crippen molar-refractivity contribution in [3.05, 3.63) is 88.6 Å². The first-order chi connectivity index (χ1) is 28.4. The maximum atomic E-state index is 13.2. The average molecular weight is 857 g/mol. The summed E-state index contributed by atoms with van der Waals surface area (Å²) in [7, 11) is 3.93. The van der Waals surface area contributed by atoms with Crippen LogP contribution in [-0.4, -0.2) is 111 Å². The number of carbonyl (C=O) groups is 5. The van der Waals surface area contributed by atoms with Crippen molar-refractivity contribution in [1.82, 2.24) is 20.5 Å². The number of amides is 3. The molecule has 4 N–H and O–H groups in total. The van der Waals surface area contributed by atoms with Gasteiger partial charge in [0, 0.05) is 55.4 Å². The number of nitrogens with one attached hydrogen (secondary N) is 2. The molecule has 4 aromatic rings. The van der Waals surface area contributed by atoms with Crippen molar-refractivity contribution in [2.24, 2.45) is 15.2 Å². The molecule has 1 fully saturated rings. The number of carboxylic acid groups (broad SMARTS) is 2. The smallest absolute Gasteiger partial charge is 0.352 e. The van der Waals surface area contributed by atoms with Crippen LogP contribution in [0.5, 0.6) is 5.75 Å². The fourth-order valence-electron chi connectivity index (χ4n) is 6.42. The highest BCUT2D eigenvalue weighted by molar-refractivity contribution is 8.15. The minimum atomic E-state index is -1.25. The van der Waals surface area contributed by atoms with Gasteiger partial charge in [0.05, 0.1) is 21.6 Å². The molecule has 3 aliphatic rings. The van der Waals surface area contributed by atoms with Gasteiger partial charge in [-0.15, -0.1) is 34.9 Å². The summed E-state index contributed by atoms with van der Waals surface area (Å²) < 4.78 is 6.78. The summed E-state index contributed by atoms with van der Waals surface area (Å²) >= 11 is 4.08. The Kier molecular flexibility index (Phi) is 12.9. The maximum absolute atomic E-state index is 13.2. The van der Waals surface area contributed by atoms with E-state index in [1.54, 1.807) is 42.5 Å². The molecule has 3 aliphatic heterocycles. The number of aromatic nitrogens is 1. The summed E-state index contributed by atoms with van der Waals surface area (Å²) in [6.07, 6.45) is 2.08. The number of hydrogen-bond acceptors (Lipinski definition) is 14. The number of aliphatic imine (C=N–C) groups is 1. The van der Waals surface area contributed by atoms with Gasteiger partial charge >= 0.3 is 11.9 Å². The quantitative estimate of drug-likeness (QED) is 0.0561. The van der Waals surface area contributed by atoms with Gasteiger partial charge in [-0.2, -0.15) is 10.2 Å². The number of nitrogens with zero attached hydrogens (tertiary/aromatic N) is 6. The monoisotopic (exact) mass is 856 g/mol. The molecule has 0 bridgehead atoms. The molecule has 59 heavy (non-hydrogen) atoms. The fraction of sp³-hybridized carbons (Fsp3) is 0.325. The van der Waals surface area contributed by atoms with Gasteiger partial charge in [0.1, 0.15) is 39.5 Å². The van der Waals surface area contributed by atoms with Gasteiger partial charge in [-0.1, -0.05) is 6.42 Å². The molecule has 3 aromatic carbocycles. The van der Waals surface area contributed by atoms with E-state index >= 15 is 0 Å². The average Bonchev–Trinajstić information content (AvgIpc) is 3.90. The summed E-state index contributed by atoms with van der Waals surface area (Å²) in [5.74, 6) is -2.09. The van der Waals surface area contributed by atoms with E-state index in [0.717, 1.165) is 16.1 Å². The Morgan fingerprint density at radius 1 is 0.966 bits per heavy atom. The van der Waals surface area contributed by atoms with Crippen molar-refractivity contribution < 1.29 is 38.9 Å². The van der Waals surface area contributed by atoms with E-state index in [2.05, 4.69) is 30.8 Å². The number of β-lactam (4-membered cyclic amide) rings is 1. The van der Waals surface area contributed by atoms with Gasteiger partial charge in [0.15, 0.2) is 6.04 Å². The maximum Gasteiger partial charge on any atom is 0.352 e. The Balaban J connectivity index is 0.823. The molecule has 16 nitrogen and oxygen atoms in total. The molecule has 19 heteroatoms. The number of ether oxygens (including phenoxy) is 1. The van der Waals surface area contributed by atoms with Crippen LogP contribution in [0.1, 0.15) is 41.0 Å². The van der Waals surface area contributed by atoms with Crippen molar-refractivity contribution in [3.63, 3.8) is 0 Å². The molecule has 3 atom stereocenters. The Hall–Kier alpha value is -5.79. The molecule has 306 valence electrons. The van der Waals surface area contributed by atoms with Crippen LogP contribution in [0, 0.1) is 0 Å². The largest absolute Gasteiger partial charge is 0.489 e. The van der Waals surface area contributed by atoms with E-state index in [4.69, 9.17) is 4.74 Å². The van der Waals surface area contributed by atoms with Crippen LogP contribution in [0.2, 0.25) is 0 Å². The van der Waals surface area contributed by atoms with E-state index in [0.29, 0.717) is 75.5 Å². The highest BCUT2D eigenvalue weighted by Gasteiger charge is 2.54. The zero-order valence-electron chi connectivity index (χ0n) is 32.0. The number of hydrogen-bond donors (Lipinski definition) is 4. The number of aliphatic carboxylic acids is 2. The minimum Gasteiger partial charge on any atom is -0.489 e. The molecule has 3 unspecified atom stereocenters. The molecular weight excluding hydrogens is 817 g/mol. The third kappa shape index (κ3) is 9.75. The van der Waals surface area contributed by atoms with Gasteiger partial charge in [0.2, 0.25) is 5.91 Å². The second kappa shape index (κ2) is 18.4. The van der Waals surface area contributed by atoms with Crippen molar-refractivity contribution in [2.75, 3.05) is 43.7 Å². The first kappa shape index (κ1) is 41.4. The van der Waals surface area contributed by atoms with Gasteiger partial charge in [0.25, 0.3) is 11.8 Å². The summed E-state index contributed by atoms with van der Waals surface area (Å²) in [4.78, 5) is 74.3. The van der Waals surface area contributed by atoms with Crippen LogP contribution in [0.15, 0.2) is 93.2 Å². The molecule has 1 aromatic heterocycles. The Morgan fingerprint density at radius 2 is 1.69 bits per heavy atom. The van der Waals surface area contributed by atoms with E-state index in [1.807, 2.05) is 43.3 Å². The van der Waals surface area contributed by atoms with Crippen molar-refractivity contribution in [1.29, 1.82) is 0 Å². The fourth-order valence-corrected chi connectivity index (χ4v) is 9.84. The van der Waals surface area contributed by atoms with Crippen LogP contribution in [0.3, 0.4) is 0 Å². The molecule has 3 amide bonds. The normalized spacial score (nSPS) is 18.7. The number of unbranched alkanes of at least 4 members (excludes halogenated alkanes) is 2. The van der Waals surface area contributed by atoms with E-state index < -0.39 is 35.3 Å². The number of benzene rings is 3. The molecule has 4 heterocycles. The molecular formula is C40H40N8O8S3. The number of carboxylic acids is 2. The predicted octanol–water partition coefficient (Wildman–Crippen LogP) is 5.83. The number of anilines is 1. The van der Waals surface area contributed by atoms with E-state index in [1.165, 1.54) is 39.8 Å². The number of carbonyl (C=O) groups excluding carboxylic acids is 3. The lowest BCUT2D eigenvalue weighted by Gasteiger charge is -2.49. The lowest BCUT2D eigenvalue weighted by Crippen LogP contribution is -2.70. The first-order valence-corrected chi connectivity index (χ1v) is 21.5. The van der Waals surface area contributed by atoms with Gasteiger partial charge < -0.3 is 30.5 Å². The lowest BCUT2D eigenvalue weighted by molar-refractivity contribution is -0.150. The predicted molar refractivity (Wildman–Crippen MR) is 227 cm³/mol. The number of azo groups is 1. The van der Waals surface area contributed by atoms with Crippen LogP contribution < -0.4 is 20.3 Å². The highest BCUT2D eigenvalue weighted by Crippen LogP contribution is 2.41. The van der Waals surface area contributed by atoms with Crippen LogP contribution in [0.25, 0.3) is 10.2 Å². The van der Waals surface area contributed by atoms with Gasteiger partial charge in [-0.25, -0.2) is 14.6 Å². The Labute approximate surface area is 351 Å². The van der Waals surface area contributed by atoms with E-state index in [-0.39, 0.29) is 30.5 Å². The molecule has 0 aliphatic carbocycles. The Bertz CT molecular complexity index is 2360. The molecule has 0 spiro atoms. The lowest BCUT2D eigenvalue weighted by atomic mass is 10.0. The van der Waals surface area contributed by atoms with E-state index in [9.17, 15) is 34.2 Å². The number of fused-ring (bicyclic) bond motifs is 2. The molecule has 1 saturated heterocycles. The zero-order chi connectivity index (χ0) is 41.6. The number of thioether (sulfide) groups is 2.